The van der Waals surface area contributed by atoms with E-state index in [4.69, 9.17) is 20.1 Å². The topological polar surface area (TPSA) is 107 Å². The standard InChI is InChI=1S/C15H16N2O2.HNO3/c1-10-7-13(12-6-4-3-5-11(10)12)17-9-16-8-14(17)15(18)19-2;2-1(3)4/h3-6,8-10,13H,7H2,1-2H3;(H,2,3,4). The van der Waals surface area contributed by atoms with Gasteiger partial charge in [0, 0.05) is 0 Å². The molecule has 0 amide bonds. The van der Waals surface area contributed by atoms with Gasteiger partial charge < -0.3 is 14.5 Å². The second-order valence-electron chi connectivity index (χ2n) is 5.20. The van der Waals surface area contributed by atoms with E-state index in [0.29, 0.717) is 11.6 Å². The van der Waals surface area contributed by atoms with Crippen molar-refractivity contribution in [3.05, 3.63) is 63.7 Å². The minimum Gasteiger partial charge on any atom is -0.464 e. The van der Waals surface area contributed by atoms with E-state index in [1.54, 1.807) is 12.5 Å². The predicted octanol–water partition coefficient (Wildman–Crippen LogP) is 2.42. The second-order valence-corrected chi connectivity index (χ2v) is 5.20. The fourth-order valence-corrected chi connectivity index (χ4v) is 2.93. The number of esters is 1. The van der Waals surface area contributed by atoms with Crippen molar-refractivity contribution < 1.29 is 19.8 Å². The molecular weight excluding hydrogens is 302 g/mol. The molecule has 3 rings (SSSR count). The maximum absolute atomic E-state index is 11.8. The average molecular weight is 319 g/mol. The second kappa shape index (κ2) is 6.91. The third-order valence-electron chi connectivity index (χ3n) is 3.86. The molecule has 0 saturated heterocycles. The number of methoxy groups -OCH3 is 1. The SMILES string of the molecule is COC(=O)c1cncn1C1CC(C)c2ccccc21.O=[N+]([O-])O. The summed E-state index contributed by atoms with van der Waals surface area (Å²) in [5.74, 6) is 0.156. The number of nitrogens with zero attached hydrogens (tertiary/aromatic N) is 3. The Morgan fingerprint density at radius 3 is 2.65 bits per heavy atom. The van der Waals surface area contributed by atoms with Gasteiger partial charge in [0.15, 0.2) is 0 Å². The number of benzene rings is 1. The van der Waals surface area contributed by atoms with Gasteiger partial charge in [-0.15, -0.1) is 10.1 Å². The summed E-state index contributed by atoms with van der Waals surface area (Å²) in [6, 6.07) is 8.56. The number of fused-ring (bicyclic) bond motifs is 1. The summed E-state index contributed by atoms with van der Waals surface area (Å²) in [5.41, 5.74) is 3.14. The Hall–Kier alpha value is -2.90. The van der Waals surface area contributed by atoms with Gasteiger partial charge in [0.2, 0.25) is 0 Å². The lowest BCUT2D eigenvalue weighted by Crippen LogP contribution is -2.14. The van der Waals surface area contributed by atoms with Crippen molar-refractivity contribution in [2.45, 2.75) is 25.3 Å². The molecule has 2 atom stereocenters. The van der Waals surface area contributed by atoms with Gasteiger partial charge in [-0.1, -0.05) is 31.2 Å². The highest BCUT2D eigenvalue weighted by molar-refractivity contribution is 5.87. The molecule has 0 radical (unpaired) electrons. The molecule has 2 aromatic rings. The number of imidazole rings is 1. The van der Waals surface area contributed by atoms with Crippen LogP contribution in [0.4, 0.5) is 0 Å². The molecule has 8 heteroatoms. The highest BCUT2D eigenvalue weighted by Gasteiger charge is 2.31. The summed E-state index contributed by atoms with van der Waals surface area (Å²) in [6.45, 7) is 2.22. The molecule has 23 heavy (non-hydrogen) atoms. The molecule has 122 valence electrons. The zero-order valence-electron chi connectivity index (χ0n) is 12.7. The molecule has 1 aliphatic rings. The van der Waals surface area contributed by atoms with E-state index in [1.165, 1.54) is 18.2 Å². The van der Waals surface area contributed by atoms with E-state index in [1.807, 2.05) is 10.6 Å². The van der Waals surface area contributed by atoms with Crippen molar-refractivity contribution in [1.29, 1.82) is 0 Å². The minimum atomic E-state index is -1.50. The molecule has 0 bridgehead atoms. The van der Waals surface area contributed by atoms with E-state index in [0.717, 1.165) is 6.42 Å². The highest BCUT2D eigenvalue weighted by atomic mass is 16.9. The smallest absolute Gasteiger partial charge is 0.356 e. The van der Waals surface area contributed by atoms with Gasteiger partial charge in [0.25, 0.3) is 5.09 Å². The fraction of sp³-hybridized carbons (Fsp3) is 0.333. The summed E-state index contributed by atoms with van der Waals surface area (Å²) in [6.07, 6.45) is 4.27. The third-order valence-corrected chi connectivity index (χ3v) is 3.86. The fourth-order valence-electron chi connectivity index (χ4n) is 2.93. The maximum Gasteiger partial charge on any atom is 0.356 e. The molecule has 0 aliphatic heterocycles. The van der Waals surface area contributed by atoms with Gasteiger partial charge in [0.05, 0.1) is 25.7 Å². The van der Waals surface area contributed by atoms with E-state index in [2.05, 4.69) is 30.1 Å². The molecule has 0 spiro atoms. The first-order valence-corrected chi connectivity index (χ1v) is 6.98. The first-order valence-electron chi connectivity index (χ1n) is 6.98. The Labute approximate surface area is 132 Å². The number of ether oxygens (including phenoxy) is 1. The Kier molecular flexibility index (Phi) is 4.95. The summed E-state index contributed by atoms with van der Waals surface area (Å²) in [7, 11) is 1.39. The van der Waals surface area contributed by atoms with E-state index in [9.17, 15) is 4.79 Å². The maximum atomic E-state index is 11.8. The number of rotatable bonds is 2. The number of carbonyl (C=O) groups is 1. The zero-order chi connectivity index (χ0) is 17.0. The molecule has 1 aromatic heterocycles. The van der Waals surface area contributed by atoms with Crippen molar-refractivity contribution in [3.8, 4) is 0 Å². The van der Waals surface area contributed by atoms with Gasteiger partial charge in [-0.3, -0.25) is 0 Å². The number of carbonyl (C=O) groups excluding carboxylic acids is 1. The van der Waals surface area contributed by atoms with Crippen molar-refractivity contribution in [1.82, 2.24) is 9.55 Å². The largest absolute Gasteiger partial charge is 0.464 e. The van der Waals surface area contributed by atoms with Crippen LogP contribution in [0, 0.1) is 10.1 Å². The van der Waals surface area contributed by atoms with Gasteiger partial charge >= 0.3 is 5.97 Å². The van der Waals surface area contributed by atoms with Crippen molar-refractivity contribution in [3.63, 3.8) is 0 Å². The molecular formula is C15H17N3O5. The molecule has 0 saturated carbocycles. The van der Waals surface area contributed by atoms with Crippen LogP contribution in [0.15, 0.2) is 36.8 Å². The Morgan fingerprint density at radius 1 is 1.43 bits per heavy atom. The molecule has 1 heterocycles. The van der Waals surface area contributed by atoms with Crippen molar-refractivity contribution >= 4 is 5.97 Å². The normalized spacial score (nSPS) is 18.5. The lowest BCUT2D eigenvalue weighted by Gasteiger charge is -2.16. The first-order chi connectivity index (χ1) is 11.0. The van der Waals surface area contributed by atoms with Crippen LogP contribution in [0.3, 0.4) is 0 Å². The van der Waals surface area contributed by atoms with Gasteiger partial charge in [-0.2, -0.15) is 0 Å². The van der Waals surface area contributed by atoms with Gasteiger partial charge in [-0.05, 0) is 23.5 Å². The zero-order valence-corrected chi connectivity index (χ0v) is 12.7. The van der Waals surface area contributed by atoms with Crippen LogP contribution in [-0.4, -0.2) is 32.9 Å². The van der Waals surface area contributed by atoms with Crippen LogP contribution in [0.1, 0.15) is 46.9 Å². The number of hydrogen-bond acceptors (Lipinski definition) is 5. The van der Waals surface area contributed by atoms with Crippen LogP contribution >= 0.6 is 0 Å². The summed E-state index contributed by atoms with van der Waals surface area (Å²) >= 11 is 0. The van der Waals surface area contributed by atoms with Gasteiger partial charge in [0.1, 0.15) is 5.69 Å². The van der Waals surface area contributed by atoms with Crippen LogP contribution in [0.2, 0.25) is 0 Å². The Bertz CT molecular complexity index is 709. The van der Waals surface area contributed by atoms with Gasteiger partial charge in [-0.25, -0.2) is 9.78 Å². The Morgan fingerprint density at radius 2 is 2.04 bits per heavy atom. The molecule has 8 nitrogen and oxygen atoms in total. The first kappa shape index (κ1) is 16.5. The number of hydrogen-bond donors (Lipinski definition) is 1. The van der Waals surface area contributed by atoms with Crippen molar-refractivity contribution in [2.24, 2.45) is 0 Å². The highest BCUT2D eigenvalue weighted by Crippen LogP contribution is 2.42. The molecule has 1 N–H and O–H groups in total. The lowest BCUT2D eigenvalue weighted by atomic mass is 10.0. The minimum absolute atomic E-state index is 0.169. The molecule has 2 unspecified atom stereocenters. The molecule has 1 aliphatic carbocycles. The summed E-state index contributed by atoms with van der Waals surface area (Å²) in [4.78, 5) is 24.2. The van der Waals surface area contributed by atoms with E-state index < -0.39 is 5.09 Å². The van der Waals surface area contributed by atoms with Crippen LogP contribution in [0.5, 0.6) is 0 Å². The third kappa shape index (κ3) is 3.47. The predicted molar refractivity (Wildman–Crippen MR) is 80.0 cm³/mol. The molecule has 0 fully saturated rings. The van der Waals surface area contributed by atoms with Crippen LogP contribution in [-0.2, 0) is 4.74 Å². The average Bonchev–Trinajstić information content (AvgIpc) is 3.11. The van der Waals surface area contributed by atoms with E-state index in [-0.39, 0.29) is 12.0 Å². The quantitative estimate of drug-likeness (QED) is 0.517. The summed E-state index contributed by atoms with van der Waals surface area (Å²) in [5, 5.41) is 13.6. The van der Waals surface area contributed by atoms with Crippen LogP contribution < -0.4 is 0 Å². The van der Waals surface area contributed by atoms with Crippen LogP contribution in [0.25, 0.3) is 0 Å². The van der Waals surface area contributed by atoms with Crippen molar-refractivity contribution in [2.75, 3.05) is 7.11 Å². The molecule has 1 aromatic carbocycles. The summed E-state index contributed by atoms with van der Waals surface area (Å²) < 4.78 is 6.73. The lowest BCUT2D eigenvalue weighted by molar-refractivity contribution is -0.742. The Balaban J connectivity index is 0.000000433. The monoisotopic (exact) mass is 319 g/mol. The van der Waals surface area contributed by atoms with E-state index >= 15 is 0 Å². The number of aromatic nitrogens is 2.